The van der Waals surface area contributed by atoms with E-state index in [1.165, 1.54) is 0 Å². The van der Waals surface area contributed by atoms with Gasteiger partial charge < -0.3 is 10.6 Å². The maximum atomic E-state index is 13.6. The molecule has 94 valence electrons. The van der Waals surface area contributed by atoms with E-state index in [0.29, 0.717) is 5.95 Å². The molecular weight excluding hydrogens is 367 g/mol. The van der Waals surface area contributed by atoms with Crippen LogP contribution in [0.2, 0.25) is 0 Å². The highest BCUT2D eigenvalue weighted by Gasteiger charge is 2.08. The van der Waals surface area contributed by atoms with Gasteiger partial charge in [0.2, 0.25) is 5.95 Å². The number of rotatable bonds is 3. The smallest absolute Gasteiger partial charge is 0.224 e. The Morgan fingerprint density at radius 2 is 2.06 bits per heavy atom. The summed E-state index contributed by atoms with van der Waals surface area (Å²) in [5, 5.41) is 5.66. The zero-order chi connectivity index (χ0) is 13.1. The van der Waals surface area contributed by atoms with Gasteiger partial charge in [0.1, 0.15) is 0 Å². The second kappa shape index (κ2) is 5.62. The van der Waals surface area contributed by atoms with Gasteiger partial charge in [-0.1, -0.05) is 15.9 Å². The van der Waals surface area contributed by atoms with E-state index < -0.39 is 5.82 Å². The summed E-state index contributed by atoms with van der Waals surface area (Å²) in [6.07, 6.45) is 1.12. The highest BCUT2D eigenvalue weighted by molar-refractivity contribution is 9.11. The van der Waals surface area contributed by atoms with Crippen molar-refractivity contribution in [1.82, 2.24) is 9.97 Å². The maximum absolute atomic E-state index is 13.6. The third-order valence-electron chi connectivity index (χ3n) is 2.15. The van der Waals surface area contributed by atoms with Crippen molar-refractivity contribution in [2.45, 2.75) is 0 Å². The Balaban J connectivity index is 2.33. The molecule has 0 unspecified atom stereocenters. The van der Waals surface area contributed by atoms with Crippen molar-refractivity contribution in [3.8, 4) is 0 Å². The molecule has 0 bridgehead atoms. The Labute approximate surface area is 120 Å². The predicted molar refractivity (Wildman–Crippen MR) is 76.7 cm³/mol. The summed E-state index contributed by atoms with van der Waals surface area (Å²) in [5.41, 5.74) is 0.720. The van der Waals surface area contributed by atoms with Gasteiger partial charge in [0.05, 0.1) is 11.9 Å². The molecule has 0 spiro atoms. The second-order valence-electron chi connectivity index (χ2n) is 3.39. The van der Waals surface area contributed by atoms with Gasteiger partial charge in [-0.15, -0.1) is 0 Å². The van der Waals surface area contributed by atoms with Crippen molar-refractivity contribution >= 4 is 49.3 Å². The van der Waals surface area contributed by atoms with Gasteiger partial charge in [0.25, 0.3) is 0 Å². The van der Waals surface area contributed by atoms with Gasteiger partial charge >= 0.3 is 0 Å². The standard InChI is InChI=1S/C11H9Br2FN4/c1-15-11-16-5-8(14)10(18-11)17-9-3-2-6(12)4-7(9)13/h2-5H,1H3,(H2,15,16,17,18). The lowest BCUT2D eigenvalue weighted by Gasteiger charge is -2.09. The Morgan fingerprint density at radius 1 is 1.28 bits per heavy atom. The largest absolute Gasteiger partial charge is 0.357 e. The average Bonchev–Trinajstić information content (AvgIpc) is 2.35. The molecule has 0 aliphatic carbocycles. The molecule has 0 aliphatic rings. The molecule has 0 amide bonds. The van der Waals surface area contributed by atoms with Gasteiger partial charge in [-0.3, -0.25) is 0 Å². The van der Waals surface area contributed by atoms with E-state index in [0.717, 1.165) is 20.8 Å². The topological polar surface area (TPSA) is 49.8 Å². The van der Waals surface area contributed by atoms with Crippen molar-refractivity contribution < 1.29 is 4.39 Å². The third kappa shape index (κ3) is 2.97. The molecule has 1 aromatic heterocycles. The summed E-state index contributed by atoms with van der Waals surface area (Å²) in [7, 11) is 1.67. The number of benzene rings is 1. The molecule has 18 heavy (non-hydrogen) atoms. The van der Waals surface area contributed by atoms with Crippen LogP contribution in [0.15, 0.2) is 33.3 Å². The highest BCUT2D eigenvalue weighted by Crippen LogP contribution is 2.29. The number of halogens is 3. The first-order valence-corrected chi connectivity index (χ1v) is 6.61. The van der Waals surface area contributed by atoms with E-state index >= 15 is 0 Å². The van der Waals surface area contributed by atoms with Crippen molar-refractivity contribution in [3.63, 3.8) is 0 Å². The summed E-state index contributed by atoms with van der Waals surface area (Å²) >= 11 is 6.74. The molecule has 0 aliphatic heterocycles. The zero-order valence-corrected chi connectivity index (χ0v) is 12.5. The van der Waals surface area contributed by atoms with Gasteiger partial charge in [-0.2, -0.15) is 4.98 Å². The highest BCUT2D eigenvalue weighted by atomic mass is 79.9. The van der Waals surface area contributed by atoms with E-state index in [9.17, 15) is 4.39 Å². The molecule has 1 heterocycles. The number of hydrogen-bond acceptors (Lipinski definition) is 4. The maximum Gasteiger partial charge on any atom is 0.224 e. The van der Waals surface area contributed by atoms with Gasteiger partial charge in [-0.05, 0) is 34.1 Å². The first-order chi connectivity index (χ1) is 8.60. The molecule has 4 nitrogen and oxygen atoms in total. The van der Waals surface area contributed by atoms with E-state index in [1.807, 2.05) is 18.2 Å². The average molecular weight is 376 g/mol. The second-order valence-corrected chi connectivity index (χ2v) is 5.16. The summed E-state index contributed by atoms with van der Waals surface area (Å²) in [4.78, 5) is 7.79. The van der Waals surface area contributed by atoms with Crippen LogP contribution in [0.3, 0.4) is 0 Å². The summed E-state index contributed by atoms with van der Waals surface area (Å²) in [5.74, 6) is -0.0340. The van der Waals surface area contributed by atoms with Crippen LogP contribution in [-0.2, 0) is 0 Å². The molecule has 1 aromatic carbocycles. The Kier molecular flexibility index (Phi) is 4.13. The molecule has 0 saturated heterocycles. The predicted octanol–water partition coefficient (Wildman–Crippen LogP) is 3.93. The fourth-order valence-electron chi connectivity index (χ4n) is 1.29. The number of anilines is 3. The van der Waals surface area contributed by atoms with Crippen LogP contribution in [0, 0.1) is 5.82 Å². The molecule has 0 radical (unpaired) electrons. The van der Waals surface area contributed by atoms with Crippen molar-refractivity contribution in [2.24, 2.45) is 0 Å². The monoisotopic (exact) mass is 374 g/mol. The van der Waals surface area contributed by atoms with E-state index in [4.69, 9.17) is 0 Å². The SMILES string of the molecule is CNc1ncc(F)c(Nc2ccc(Br)cc2Br)n1. The Hall–Kier alpha value is -1.21. The van der Waals surface area contributed by atoms with Gasteiger partial charge in [-0.25, -0.2) is 9.37 Å². The first-order valence-electron chi connectivity index (χ1n) is 5.02. The Morgan fingerprint density at radius 3 is 2.72 bits per heavy atom. The molecule has 0 atom stereocenters. The minimum Gasteiger partial charge on any atom is -0.357 e. The van der Waals surface area contributed by atoms with E-state index in [2.05, 4.69) is 52.5 Å². The minimum absolute atomic E-state index is 0.123. The number of aromatic nitrogens is 2. The molecule has 0 saturated carbocycles. The lowest BCUT2D eigenvalue weighted by molar-refractivity contribution is 0.619. The van der Waals surface area contributed by atoms with Gasteiger partial charge in [0, 0.05) is 16.0 Å². The van der Waals surface area contributed by atoms with E-state index in [-0.39, 0.29) is 5.82 Å². The molecule has 2 rings (SSSR count). The number of nitrogens with zero attached hydrogens (tertiary/aromatic N) is 2. The number of hydrogen-bond donors (Lipinski definition) is 2. The van der Waals surface area contributed by atoms with Crippen molar-refractivity contribution in [1.29, 1.82) is 0 Å². The zero-order valence-electron chi connectivity index (χ0n) is 9.34. The van der Waals surface area contributed by atoms with Crippen LogP contribution in [-0.4, -0.2) is 17.0 Å². The molecule has 2 aromatic rings. The summed E-state index contributed by atoms with van der Waals surface area (Å²) in [6.45, 7) is 0. The van der Waals surface area contributed by atoms with Crippen LogP contribution in [0.5, 0.6) is 0 Å². The molecule has 0 fully saturated rings. The molecule has 2 N–H and O–H groups in total. The van der Waals surface area contributed by atoms with Crippen molar-refractivity contribution in [2.75, 3.05) is 17.7 Å². The summed E-state index contributed by atoms with van der Waals surface area (Å²) in [6, 6.07) is 5.53. The van der Waals surface area contributed by atoms with Crippen molar-refractivity contribution in [3.05, 3.63) is 39.2 Å². The van der Waals surface area contributed by atoms with Crippen LogP contribution >= 0.6 is 31.9 Å². The van der Waals surface area contributed by atoms with E-state index in [1.54, 1.807) is 7.05 Å². The normalized spacial score (nSPS) is 10.2. The van der Waals surface area contributed by atoms with Crippen LogP contribution in [0.25, 0.3) is 0 Å². The molecule has 7 heteroatoms. The third-order valence-corrected chi connectivity index (χ3v) is 3.30. The van der Waals surface area contributed by atoms with Crippen LogP contribution in [0.4, 0.5) is 21.8 Å². The van der Waals surface area contributed by atoms with Crippen LogP contribution < -0.4 is 10.6 Å². The first kappa shape index (κ1) is 13.2. The molecular formula is C11H9Br2FN4. The summed E-state index contributed by atoms with van der Waals surface area (Å²) < 4.78 is 15.3. The lowest BCUT2D eigenvalue weighted by Crippen LogP contribution is -2.03. The fourth-order valence-corrected chi connectivity index (χ4v) is 2.44. The van der Waals surface area contributed by atoms with Gasteiger partial charge in [0.15, 0.2) is 11.6 Å². The lowest BCUT2D eigenvalue weighted by atomic mass is 10.3. The quantitative estimate of drug-likeness (QED) is 0.853. The Bertz CT molecular complexity index is 577. The minimum atomic E-state index is -0.510. The van der Waals surface area contributed by atoms with Crippen LogP contribution in [0.1, 0.15) is 0 Å². The number of nitrogens with one attached hydrogen (secondary N) is 2. The fraction of sp³-hybridized carbons (Fsp3) is 0.0909.